The van der Waals surface area contributed by atoms with Gasteiger partial charge in [-0.25, -0.2) is 4.98 Å². The molecular formula is C20H18N4O. The summed E-state index contributed by atoms with van der Waals surface area (Å²) in [6.45, 7) is 1.10. The fourth-order valence-corrected chi connectivity index (χ4v) is 2.56. The third kappa shape index (κ3) is 4.55. The van der Waals surface area contributed by atoms with Crippen molar-refractivity contribution in [2.75, 3.05) is 18.4 Å². The van der Waals surface area contributed by atoms with Gasteiger partial charge in [-0.1, -0.05) is 30.3 Å². The molecule has 124 valence electrons. The lowest BCUT2D eigenvalue weighted by atomic mass is 10.1. The maximum absolute atomic E-state index is 12.0. The summed E-state index contributed by atoms with van der Waals surface area (Å²) in [5, 5.41) is 16.0. The molecule has 0 radical (unpaired) electrons. The van der Waals surface area contributed by atoms with E-state index in [2.05, 4.69) is 21.7 Å². The van der Waals surface area contributed by atoms with E-state index in [0.29, 0.717) is 18.7 Å². The van der Waals surface area contributed by atoms with Gasteiger partial charge in [0.1, 0.15) is 5.82 Å². The van der Waals surface area contributed by atoms with Crippen molar-refractivity contribution in [1.29, 1.82) is 5.26 Å². The van der Waals surface area contributed by atoms with E-state index in [9.17, 15) is 4.79 Å². The molecule has 2 N–H and O–H groups in total. The molecule has 3 aromatic rings. The molecule has 1 amide bonds. The highest BCUT2D eigenvalue weighted by molar-refractivity contribution is 5.80. The molecule has 25 heavy (non-hydrogen) atoms. The molecule has 0 aliphatic carbocycles. The number of fused-ring (bicyclic) bond motifs is 1. The van der Waals surface area contributed by atoms with E-state index in [0.717, 1.165) is 22.3 Å². The van der Waals surface area contributed by atoms with Crippen LogP contribution >= 0.6 is 0 Å². The Kier molecular flexibility index (Phi) is 5.22. The number of para-hydroxylation sites is 1. The lowest BCUT2D eigenvalue weighted by molar-refractivity contribution is -0.120. The number of carbonyl (C=O) groups excluding carboxylic acids is 1. The first-order chi connectivity index (χ1) is 12.2. The summed E-state index contributed by atoms with van der Waals surface area (Å²) in [7, 11) is 0. The largest absolute Gasteiger partial charge is 0.368 e. The Morgan fingerprint density at radius 3 is 2.80 bits per heavy atom. The number of pyridine rings is 1. The fourth-order valence-electron chi connectivity index (χ4n) is 2.56. The van der Waals surface area contributed by atoms with E-state index in [1.54, 1.807) is 18.2 Å². The Hall–Kier alpha value is -3.39. The van der Waals surface area contributed by atoms with Crippen LogP contribution in [0.1, 0.15) is 11.1 Å². The summed E-state index contributed by atoms with van der Waals surface area (Å²) in [4.78, 5) is 16.5. The summed E-state index contributed by atoms with van der Waals surface area (Å²) >= 11 is 0. The van der Waals surface area contributed by atoms with Crippen LogP contribution in [-0.4, -0.2) is 24.0 Å². The summed E-state index contributed by atoms with van der Waals surface area (Å²) < 4.78 is 0. The van der Waals surface area contributed by atoms with Crippen LogP contribution < -0.4 is 10.6 Å². The molecule has 0 saturated carbocycles. The number of nitriles is 1. The molecule has 0 spiro atoms. The Morgan fingerprint density at radius 2 is 1.92 bits per heavy atom. The molecule has 0 bridgehead atoms. The zero-order chi connectivity index (χ0) is 17.5. The van der Waals surface area contributed by atoms with Gasteiger partial charge in [0, 0.05) is 18.5 Å². The van der Waals surface area contributed by atoms with Gasteiger partial charge < -0.3 is 10.6 Å². The molecule has 1 heterocycles. The number of aromatic nitrogens is 1. The molecule has 2 aromatic carbocycles. The molecule has 0 aliphatic rings. The predicted molar refractivity (Wildman–Crippen MR) is 98.1 cm³/mol. The van der Waals surface area contributed by atoms with Crippen molar-refractivity contribution < 1.29 is 4.79 Å². The minimum atomic E-state index is -0.0663. The summed E-state index contributed by atoms with van der Waals surface area (Å²) in [5.41, 5.74) is 2.34. The van der Waals surface area contributed by atoms with Crippen LogP contribution in [0.4, 0.5) is 5.82 Å². The Bertz CT molecular complexity index is 930. The first kappa shape index (κ1) is 16.5. The number of anilines is 1. The standard InChI is InChI=1S/C20H18N4O/c21-14-16-5-3-4-15(12-16)13-20(25)23-11-10-22-19-9-8-17-6-1-2-7-18(17)24-19/h1-9,12H,10-11,13H2,(H,22,24)(H,23,25). The predicted octanol–water partition coefficient (Wildman–Crippen LogP) is 2.88. The summed E-state index contributed by atoms with van der Waals surface area (Å²) in [6, 6.07) is 21.0. The number of carbonyl (C=O) groups is 1. The summed E-state index contributed by atoms with van der Waals surface area (Å²) in [6.07, 6.45) is 0.268. The molecular weight excluding hydrogens is 312 g/mol. The Labute approximate surface area is 146 Å². The zero-order valence-electron chi connectivity index (χ0n) is 13.7. The molecule has 0 fully saturated rings. The van der Waals surface area contributed by atoms with Crippen LogP contribution in [0.2, 0.25) is 0 Å². The quantitative estimate of drug-likeness (QED) is 0.681. The van der Waals surface area contributed by atoms with Crippen LogP contribution in [0.3, 0.4) is 0 Å². The fraction of sp³-hybridized carbons (Fsp3) is 0.150. The number of hydrogen-bond acceptors (Lipinski definition) is 4. The normalized spacial score (nSPS) is 10.2. The van der Waals surface area contributed by atoms with Crippen LogP contribution in [0.25, 0.3) is 10.9 Å². The molecule has 0 aliphatic heterocycles. The second-order valence-corrected chi connectivity index (χ2v) is 5.65. The number of nitrogens with zero attached hydrogens (tertiary/aromatic N) is 2. The van der Waals surface area contributed by atoms with E-state index in [1.807, 2.05) is 42.5 Å². The third-order valence-corrected chi connectivity index (χ3v) is 3.77. The van der Waals surface area contributed by atoms with E-state index in [4.69, 9.17) is 5.26 Å². The van der Waals surface area contributed by atoms with Crippen LogP contribution in [-0.2, 0) is 11.2 Å². The van der Waals surface area contributed by atoms with Gasteiger partial charge in [-0.05, 0) is 35.9 Å². The monoisotopic (exact) mass is 330 g/mol. The minimum absolute atomic E-state index is 0.0663. The van der Waals surface area contributed by atoms with Crippen molar-refractivity contribution in [3.05, 3.63) is 71.8 Å². The Balaban J connectivity index is 1.45. The number of rotatable bonds is 6. The topological polar surface area (TPSA) is 77.8 Å². The highest BCUT2D eigenvalue weighted by Gasteiger charge is 2.04. The lowest BCUT2D eigenvalue weighted by Crippen LogP contribution is -2.30. The molecule has 3 rings (SSSR count). The van der Waals surface area contributed by atoms with Crippen molar-refractivity contribution in [1.82, 2.24) is 10.3 Å². The van der Waals surface area contributed by atoms with E-state index < -0.39 is 0 Å². The highest BCUT2D eigenvalue weighted by Crippen LogP contribution is 2.14. The maximum atomic E-state index is 12.0. The van der Waals surface area contributed by atoms with Crippen LogP contribution in [0.5, 0.6) is 0 Å². The van der Waals surface area contributed by atoms with Gasteiger partial charge in [-0.2, -0.15) is 5.26 Å². The highest BCUT2D eigenvalue weighted by atomic mass is 16.1. The van der Waals surface area contributed by atoms with Gasteiger partial charge in [0.15, 0.2) is 0 Å². The minimum Gasteiger partial charge on any atom is -0.368 e. The number of amides is 1. The average molecular weight is 330 g/mol. The molecule has 0 unspecified atom stereocenters. The van der Waals surface area contributed by atoms with Crippen LogP contribution in [0, 0.1) is 11.3 Å². The van der Waals surface area contributed by atoms with Crippen molar-refractivity contribution in [3.8, 4) is 6.07 Å². The van der Waals surface area contributed by atoms with Gasteiger partial charge in [-0.3, -0.25) is 4.79 Å². The maximum Gasteiger partial charge on any atom is 0.224 e. The summed E-state index contributed by atoms with van der Waals surface area (Å²) in [5.74, 6) is 0.720. The van der Waals surface area contributed by atoms with Gasteiger partial charge >= 0.3 is 0 Å². The van der Waals surface area contributed by atoms with E-state index in [-0.39, 0.29) is 12.3 Å². The molecule has 0 atom stereocenters. The van der Waals surface area contributed by atoms with Crippen molar-refractivity contribution in [2.45, 2.75) is 6.42 Å². The van der Waals surface area contributed by atoms with Crippen molar-refractivity contribution >= 4 is 22.6 Å². The SMILES string of the molecule is N#Cc1cccc(CC(=O)NCCNc2ccc3ccccc3n2)c1. The number of nitrogens with one attached hydrogen (secondary N) is 2. The molecule has 0 saturated heterocycles. The first-order valence-corrected chi connectivity index (χ1v) is 8.10. The van der Waals surface area contributed by atoms with Gasteiger partial charge in [0.25, 0.3) is 0 Å². The van der Waals surface area contributed by atoms with Gasteiger partial charge in [-0.15, -0.1) is 0 Å². The zero-order valence-corrected chi connectivity index (χ0v) is 13.7. The Morgan fingerprint density at radius 1 is 1.04 bits per heavy atom. The van der Waals surface area contributed by atoms with E-state index in [1.165, 1.54) is 0 Å². The molecule has 5 heteroatoms. The average Bonchev–Trinajstić information content (AvgIpc) is 2.65. The van der Waals surface area contributed by atoms with Crippen molar-refractivity contribution in [2.24, 2.45) is 0 Å². The smallest absolute Gasteiger partial charge is 0.224 e. The van der Waals surface area contributed by atoms with Crippen LogP contribution in [0.15, 0.2) is 60.7 Å². The van der Waals surface area contributed by atoms with Gasteiger partial charge in [0.2, 0.25) is 5.91 Å². The molecule has 5 nitrogen and oxygen atoms in total. The van der Waals surface area contributed by atoms with Crippen molar-refractivity contribution in [3.63, 3.8) is 0 Å². The lowest BCUT2D eigenvalue weighted by Gasteiger charge is -2.08. The van der Waals surface area contributed by atoms with Gasteiger partial charge in [0.05, 0.1) is 23.6 Å². The van der Waals surface area contributed by atoms with E-state index >= 15 is 0 Å². The molecule has 1 aromatic heterocycles. The number of benzene rings is 2. The second kappa shape index (κ2) is 7.93. The second-order valence-electron chi connectivity index (χ2n) is 5.65. The first-order valence-electron chi connectivity index (χ1n) is 8.10. The third-order valence-electron chi connectivity index (χ3n) is 3.77. The number of hydrogen-bond donors (Lipinski definition) is 2.